The Morgan fingerprint density at radius 1 is 1.38 bits per heavy atom. The first-order chi connectivity index (χ1) is 11.7. The van der Waals surface area contributed by atoms with Crippen LogP contribution in [0.1, 0.15) is 19.8 Å². The second kappa shape index (κ2) is 7.39. The van der Waals surface area contributed by atoms with Gasteiger partial charge < -0.3 is 10.2 Å². The number of benzene rings is 1. The molecule has 0 spiro atoms. The van der Waals surface area contributed by atoms with Gasteiger partial charge in [0.25, 0.3) is 0 Å². The fourth-order valence-electron chi connectivity index (χ4n) is 2.74. The first-order valence-corrected chi connectivity index (χ1v) is 8.67. The maximum Gasteiger partial charge on any atom is 0.320 e. The SMILES string of the molecule is CCCN1C[C@H](NC(=O)Nc2snnc2-c2ccccc2)CC1=O. The van der Waals surface area contributed by atoms with Crippen molar-refractivity contribution in [2.75, 3.05) is 18.4 Å². The van der Waals surface area contributed by atoms with Crippen LogP contribution in [0, 0.1) is 0 Å². The van der Waals surface area contributed by atoms with E-state index in [-0.39, 0.29) is 18.0 Å². The summed E-state index contributed by atoms with van der Waals surface area (Å²) in [7, 11) is 0. The van der Waals surface area contributed by atoms with Crippen LogP contribution in [0.2, 0.25) is 0 Å². The molecule has 0 saturated carbocycles. The molecule has 0 bridgehead atoms. The summed E-state index contributed by atoms with van der Waals surface area (Å²) in [5.41, 5.74) is 1.54. The lowest BCUT2D eigenvalue weighted by Gasteiger charge is -2.16. The predicted molar refractivity (Wildman–Crippen MR) is 92.8 cm³/mol. The zero-order chi connectivity index (χ0) is 16.9. The lowest BCUT2D eigenvalue weighted by atomic mass is 10.2. The molecule has 126 valence electrons. The van der Waals surface area contributed by atoms with Crippen LogP contribution in [0.3, 0.4) is 0 Å². The van der Waals surface area contributed by atoms with Crippen molar-refractivity contribution in [3.63, 3.8) is 0 Å². The predicted octanol–water partition coefficient (Wildman–Crippen LogP) is 2.34. The van der Waals surface area contributed by atoms with E-state index in [9.17, 15) is 9.59 Å². The molecule has 0 unspecified atom stereocenters. The highest BCUT2D eigenvalue weighted by molar-refractivity contribution is 7.10. The number of rotatable bonds is 5. The van der Waals surface area contributed by atoms with Gasteiger partial charge in [-0.25, -0.2) is 4.79 Å². The summed E-state index contributed by atoms with van der Waals surface area (Å²) in [6.07, 6.45) is 1.26. The number of nitrogens with zero attached hydrogens (tertiary/aromatic N) is 3. The molecule has 2 aromatic rings. The number of carbonyl (C=O) groups excluding carboxylic acids is 2. The number of hydrogen-bond acceptors (Lipinski definition) is 5. The van der Waals surface area contributed by atoms with Gasteiger partial charge >= 0.3 is 6.03 Å². The highest BCUT2D eigenvalue weighted by Crippen LogP contribution is 2.28. The average Bonchev–Trinajstić information content (AvgIpc) is 3.15. The van der Waals surface area contributed by atoms with Gasteiger partial charge in [-0.3, -0.25) is 10.1 Å². The lowest BCUT2D eigenvalue weighted by Crippen LogP contribution is -2.39. The highest BCUT2D eigenvalue weighted by atomic mass is 32.1. The fourth-order valence-corrected chi connectivity index (χ4v) is 3.32. The number of nitrogens with one attached hydrogen (secondary N) is 2. The summed E-state index contributed by atoms with van der Waals surface area (Å²) in [5.74, 6) is 0.0894. The number of hydrogen-bond donors (Lipinski definition) is 2. The third kappa shape index (κ3) is 3.70. The largest absolute Gasteiger partial charge is 0.341 e. The first-order valence-electron chi connectivity index (χ1n) is 7.90. The van der Waals surface area contributed by atoms with E-state index in [0.717, 1.165) is 30.1 Å². The zero-order valence-electron chi connectivity index (χ0n) is 13.4. The van der Waals surface area contributed by atoms with Crippen LogP contribution in [0.4, 0.5) is 9.80 Å². The monoisotopic (exact) mass is 345 g/mol. The second-order valence-electron chi connectivity index (χ2n) is 5.66. The normalized spacial score (nSPS) is 17.1. The molecule has 1 aromatic carbocycles. The van der Waals surface area contributed by atoms with Crippen LogP contribution in [-0.4, -0.2) is 45.6 Å². The molecular formula is C16H19N5O2S. The number of carbonyl (C=O) groups is 2. The number of urea groups is 1. The number of aromatic nitrogens is 2. The van der Waals surface area contributed by atoms with Crippen molar-refractivity contribution in [1.82, 2.24) is 19.8 Å². The summed E-state index contributed by atoms with van der Waals surface area (Å²) >= 11 is 1.13. The first kappa shape index (κ1) is 16.4. The van der Waals surface area contributed by atoms with Crippen LogP contribution in [-0.2, 0) is 4.79 Å². The molecule has 8 heteroatoms. The molecule has 1 aliphatic rings. The van der Waals surface area contributed by atoms with Crippen LogP contribution >= 0.6 is 11.5 Å². The Bertz CT molecular complexity index is 718. The van der Waals surface area contributed by atoms with Crippen molar-refractivity contribution in [1.29, 1.82) is 0 Å². The van der Waals surface area contributed by atoms with Gasteiger partial charge in [0.2, 0.25) is 5.91 Å². The number of amides is 3. The molecule has 1 atom stereocenters. The van der Waals surface area contributed by atoms with Gasteiger partial charge in [-0.1, -0.05) is 41.7 Å². The van der Waals surface area contributed by atoms with Gasteiger partial charge in [0, 0.05) is 36.6 Å². The third-order valence-corrected chi connectivity index (χ3v) is 4.45. The van der Waals surface area contributed by atoms with E-state index in [1.807, 2.05) is 37.3 Å². The second-order valence-corrected chi connectivity index (χ2v) is 6.41. The van der Waals surface area contributed by atoms with E-state index in [4.69, 9.17) is 0 Å². The average molecular weight is 345 g/mol. The van der Waals surface area contributed by atoms with Gasteiger partial charge in [-0.15, -0.1) is 5.10 Å². The molecule has 0 radical (unpaired) electrons. The minimum absolute atomic E-state index is 0.0894. The van der Waals surface area contributed by atoms with Gasteiger partial charge in [0.1, 0.15) is 10.7 Å². The quantitative estimate of drug-likeness (QED) is 0.871. The van der Waals surface area contributed by atoms with E-state index in [0.29, 0.717) is 23.7 Å². The Morgan fingerprint density at radius 3 is 2.92 bits per heavy atom. The molecule has 1 saturated heterocycles. The maximum atomic E-state index is 12.2. The molecule has 7 nitrogen and oxygen atoms in total. The molecule has 3 amide bonds. The Balaban J connectivity index is 1.61. The fraction of sp³-hybridized carbons (Fsp3) is 0.375. The maximum absolute atomic E-state index is 12.2. The van der Waals surface area contributed by atoms with E-state index in [1.165, 1.54) is 0 Å². The van der Waals surface area contributed by atoms with E-state index in [1.54, 1.807) is 4.90 Å². The van der Waals surface area contributed by atoms with Crippen molar-refractivity contribution in [3.8, 4) is 11.3 Å². The summed E-state index contributed by atoms with van der Waals surface area (Å²) < 4.78 is 3.92. The lowest BCUT2D eigenvalue weighted by molar-refractivity contribution is -0.127. The molecule has 2 N–H and O–H groups in total. The van der Waals surface area contributed by atoms with Crippen molar-refractivity contribution in [2.45, 2.75) is 25.8 Å². The van der Waals surface area contributed by atoms with Gasteiger partial charge in [0.05, 0.1) is 6.04 Å². The molecule has 0 aliphatic carbocycles. The van der Waals surface area contributed by atoms with E-state index < -0.39 is 0 Å². The molecule has 1 aromatic heterocycles. The molecule has 1 aliphatic heterocycles. The molecule has 1 fully saturated rings. The highest BCUT2D eigenvalue weighted by Gasteiger charge is 2.30. The third-order valence-electron chi connectivity index (χ3n) is 3.81. The summed E-state index contributed by atoms with van der Waals surface area (Å²) in [5, 5.41) is 10.3. The minimum Gasteiger partial charge on any atom is -0.341 e. The smallest absolute Gasteiger partial charge is 0.320 e. The Morgan fingerprint density at radius 2 is 2.17 bits per heavy atom. The minimum atomic E-state index is -0.339. The van der Waals surface area contributed by atoms with Crippen molar-refractivity contribution < 1.29 is 9.59 Å². The molecule has 3 rings (SSSR count). The standard InChI is InChI=1S/C16H19N5O2S/c1-2-8-21-10-12(9-13(21)22)17-16(23)18-15-14(19-20-24-15)11-6-4-3-5-7-11/h3-7,12H,2,8-10H2,1H3,(H2,17,18,23)/t12-/m1/s1. The van der Waals surface area contributed by atoms with Crippen molar-refractivity contribution in [2.24, 2.45) is 0 Å². The van der Waals surface area contributed by atoms with Gasteiger partial charge in [-0.2, -0.15) is 0 Å². The number of likely N-dealkylation sites (tertiary alicyclic amines) is 1. The molecule has 2 heterocycles. The van der Waals surface area contributed by atoms with Crippen molar-refractivity contribution in [3.05, 3.63) is 30.3 Å². The Hall–Kier alpha value is -2.48. The van der Waals surface area contributed by atoms with E-state index >= 15 is 0 Å². The topological polar surface area (TPSA) is 87.2 Å². The van der Waals surface area contributed by atoms with Crippen molar-refractivity contribution >= 4 is 28.5 Å². The Labute approximate surface area is 144 Å². The summed E-state index contributed by atoms with van der Waals surface area (Å²) in [4.78, 5) is 25.9. The van der Waals surface area contributed by atoms with Crippen LogP contribution in [0.15, 0.2) is 30.3 Å². The molecular weight excluding hydrogens is 326 g/mol. The van der Waals surface area contributed by atoms with Crippen LogP contribution in [0.25, 0.3) is 11.3 Å². The zero-order valence-corrected chi connectivity index (χ0v) is 14.2. The van der Waals surface area contributed by atoms with Gasteiger partial charge in [-0.05, 0) is 6.42 Å². The van der Waals surface area contributed by atoms with E-state index in [2.05, 4.69) is 20.2 Å². The summed E-state index contributed by atoms with van der Waals surface area (Å²) in [6, 6.07) is 9.06. The van der Waals surface area contributed by atoms with Crippen LogP contribution < -0.4 is 10.6 Å². The van der Waals surface area contributed by atoms with Crippen LogP contribution in [0.5, 0.6) is 0 Å². The Kier molecular flexibility index (Phi) is 5.05. The number of anilines is 1. The molecule has 24 heavy (non-hydrogen) atoms. The van der Waals surface area contributed by atoms with Gasteiger partial charge in [0.15, 0.2) is 0 Å². The summed E-state index contributed by atoms with van der Waals surface area (Å²) in [6.45, 7) is 3.32.